The number of amides is 2. The summed E-state index contributed by atoms with van der Waals surface area (Å²) in [6, 6.07) is 4.58. The Bertz CT molecular complexity index is 739. The first-order valence-corrected chi connectivity index (χ1v) is 7.75. The molecule has 2 aromatic rings. The van der Waals surface area contributed by atoms with Gasteiger partial charge in [0.15, 0.2) is 0 Å². The van der Waals surface area contributed by atoms with Crippen LogP contribution in [0.25, 0.3) is 11.0 Å². The van der Waals surface area contributed by atoms with Gasteiger partial charge in [-0.05, 0) is 18.2 Å². The Morgan fingerprint density at radius 3 is 2.71 bits per heavy atom. The number of H-pyrrole nitrogens is 1. The Labute approximate surface area is 121 Å². The summed E-state index contributed by atoms with van der Waals surface area (Å²) in [4.78, 5) is 11.7. The molecule has 9 nitrogen and oxygen atoms in total. The molecule has 114 valence electrons. The molecular weight excluding hydrogens is 296 g/mol. The van der Waals surface area contributed by atoms with E-state index in [9.17, 15) is 13.2 Å². The van der Waals surface area contributed by atoms with Crippen molar-refractivity contribution in [2.24, 2.45) is 0 Å². The Morgan fingerprint density at radius 1 is 1.29 bits per heavy atom. The predicted molar refractivity (Wildman–Crippen MR) is 78.4 cm³/mol. The molecule has 0 saturated heterocycles. The third-order valence-electron chi connectivity index (χ3n) is 2.78. The van der Waals surface area contributed by atoms with E-state index in [2.05, 4.69) is 26.0 Å². The highest BCUT2D eigenvalue weighted by molar-refractivity contribution is 7.89. The van der Waals surface area contributed by atoms with Gasteiger partial charge >= 0.3 is 6.03 Å². The zero-order valence-electron chi connectivity index (χ0n) is 11.6. The van der Waals surface area contributed by atoms with Gasteiger partial charge in [0.25, 0.3) is 0 Å². The van der Waals surface area contributed by atoms with Crippen LogP contribution in [0.15, 0.2) is 18.2 Å². The van der Waals surface area contributed by atoms with E-state index in [-0.39, 0.29) is 12.3 Å². The van der Waals surface area contributed by atoms with E-state index in [1.165, 1.54) is 14.1 Å². The van der Waals surface area contributed by atoms with Crippen molar-refractivity contribution in [1.29, 1.82) is 0 Å². The molecular formula is C11H16N6O3S. The number of anilines is 1. The van der Waals surface area contributed by atoms with E-state index in [0.29, 0.717) is 16.7 Å². The predicted octanol–water partition coefficient (Wildman–Crippen LogP) is -0.0292. The summed E-state index contributed by atoms with van der Waals surface area (Å²) < 4.78 is 24.2. The number of aromatic amines is 1. The largest absolute Gasteiger partial charge is 0.337 e. The standard InChI is InChI=1S/C11H16N6O3S/c1-17(2)21(19,20)6-5-12-11(18)13-8-3-4-9-10(7-8)15-16-14-9/h3-4,7H,5-6H2,1-2H3,(H2,12,13,18)(H,14,15,16). The van der Waals surface area contributed by atoms with Crippen molar-refractivity contribution < 1.29 is 13.2 Å². The Hall–Kier alpha value is -2.20. The highest BCUT2D eigenvalue weighted by Gasteiger charge is 2.13. The summed E-state index contributed by atoms with van der Waals surface area (Å²) in [5, 5.41) is 15.4. The molecule has 1 heterocycles. The summed E-state index contributed by atoms with van der Waals surface area (Å²) in [7, 11) is -0.426. The molecule has 0 bridgehead atoms. The summed E-state index contributed by atoms with van der Waals surface area (Å²) in [5.41, 5.74) is 1.87. The molecule has 1 aromatic heterocycles. The lowest BCUT2D eigenvalue weighted by Crippen LogP contribution is -2.36. The van der Waals surface area contributed by atoms with Gasteiger partial charge in [0.1, 0.15) is 11.0 Å². The van der Waals surface area contributed by atoms with Gasteiger partial charge in [0, 0.05) is 26.3 Å². The fourth-order valence-electron chi connectivity index (χ4n) is 1.57. The van der Waals surface area contributed by atoms with Crippen LogP contribution in [0.1, 0.15) is 0 Å². The van der Waals surface area contributed by atoms with Crippen molar-refractivity contribution in [2.75, 3.05) is 31.7 Å². The van der Waals surface area contributed by atoms with Crippen LogP contribution < -0.4 is 10.6 Å². The number of benzene rings is 1. The van der Waals surface area contributed by atoms with Crippen LogP contribution in [-0.2, 0) is 10.0 Å². The van der Waals surface area contributed by atoms with Crippen LogP contribution >= 0.6 is 0 Å². The number of fused-ring (bicyclic) bond motifs is 1. The Kier molecular flexibility index (Phi) is 4.38. The molecule has 21 heavy (non-hydrogen) atoms. The van der Waals surface area contributed by atoms with Crippen molar-refractivity contribution in [3.8, 4) is 0 Å². The van der Waals surface area contributed by atoms with E-state index >= 15 is 0 Å². The van der Waals surface area contributed by atoms with E-state index in [1.54, 1.807) is 18.2 Å². The van der Waals surface area contributed by atoms with Crippen molar-refractivity contribution in [1.82, 2.24) is 25.0 Å². The first kappa shape index (κ1) is 15.2. The van der Waals surface area contributed by atoms with E-state index in [4.69, 9.17) is 0 Å². The molecule has 0 spiro atoms. The molecule has 0 radical (unpaired) electrons. The van der Waals surface area contributed by atoms with Gasteiger partial charge < -0.3 is 10.6 Å². The Morgan fingerprint density at radius 2 is 2.00 bits per heavy atom. The maximum atomic E-state index is 11.7. The van der Waals surface area contributed by atoms with Crippen LogP contribution in [-0.4, -0.2) is 60.6 Å². The molecule has 0 saturated carbocycles. The van der Waals surface area contributed by atoms with Gasteiger partial charge in [-0.1, -0.05) is 0 Å². The van der Waals surface area contributed by atoms with Crippen molar-refractivity contribution in [3.63, 3.8) is 0 Å². The molecule has 0 unspecified atom stereocenters. The fraction of sp³-hybridized carbons (Fsp3) is 0.364. The fourth-order valence-corrected chi connectivity index (χ4v) is 2.29. The lowest BCUT2D eigenvalue weighted by molar-refractivity contribution is 0.252. The summed E-state index contributed by atoms with van der Waals surface area (Å²) >= 11 is 0. The van der Waals surface area contributed by atoms with Crippen LogP contribution in [0, 0.1) is 0 Å². The van der Waals surface area contributed by atoms with Gasteiger partial charge in [0.05, 0.1) is 5.75 Å². The summed E-state index contributed by atoms with van der Waals surface area (Å²) in [6.07, 6.45) is 0. The van der Waals surface area contributed by atoms with Crippen molar-refractivity contribution in [2.45, 2.75) is 0 Å². The molecule has 0 atom stereocenters. The Balaban J connectivity index is 1.87. The van der Waals surface area contributed by atoms with Crippen molar-refractivity contribution >= 4 is 32.8 Å². The molecule has 0 fully saturated rings. The van der Waals surface area contributed by atoms with Gasteiger partial charge in [-0.2, -0.15) is 15.4 Å². The zero-order valence-corrected chi connectivity index (χ0v) is 12.4. The highest BCUT2D eigenvalue weighted by Crippen LogP contribution is 2.14. The number of nitrogens with one attached hydrogen (secondary N) is 3. The quantitative estimate of drug-likeness (QED) is 0.716. The van der Waals surface area contributed by atoms with Crippen molar-refractivity contribution in [3.05, 3.63) is 18.2 Å². The third-order valence-corrected chi connectivity index (χ3v) is 4.61. The second-order valence-corrected chi connectivity index (χ2v) is 6.81. The van der Waals surface area contributed by atoms with Gasteiger partial charge in [-0.3, -0.25) is 0 Å². The van der Waals surface area contributed by atoms with Crippen LogP contribution in [0.4, 0.5) is 10.5 Å². The molecule has 0 aliphatic rings. The lowest BCUT2D eigenvalue weighted by Gasteiger charge is -2.12. The number of nitrogens with zero attached hydrogens (tertiary/aromatic N) is 3. The average Bonchev–Trinajstić information content (AvgIpc) is 2.85. The second-order valence-electron chi connectivity index (χ2n) is 4.51. The minimum atomic E-state index is -3.32. The number of hydrogen-bond acceptors (Lipinski definition) is 5. The molecule has 3 N–H and O–H groups in total. The number of rotatable bonds is 5. The number of urea groups is 1. The topological polar surface area (TPSA) is 120 Å². The smallest absolute Gasteiger partial charge is 0.319 e. The number of carbonyl (C=O) groups excluding carboxylic acids is 1. The molecule has 0 aliphatic heterocycles. The zero-order chi connectivity index (χ0) is 15.5. The molecule has 2 rings (SSSR count). The minimum Gasteiger partial charge on any atom is -0.337 e. The van der Waals surface area contributed by atoms with E-state index < -0.39 is 16.1 Å². The van der Waals surface area contributed by atoms with Crippen LogP contribution in [0.3, 0.4) is 0 Å². The van der Waals surface area contributed by atoms with E-state index in [0.717, 1.165) is 4.31 Å². The summed E-state index contributed by atoms with van der Waals surface area (Å²) in [6.45, 7) is 0.0263. The average molecular weight is 312 g/mol. The molecule has 1 aromatic carbocycles. The van der Waals surface area contributed by atoms with Gasteiger partial charge in [0.2, 0.25) is 10.0 Å². The lowest BCUT2D eigenvalue weighted by atomic mass is 10.3. The first-order chi connectivity index (χ1) is 9.88. The monoisotopic (exact) mass is 312 g/mol. The number of sulfonamides is 1. The van der Waals surface area contributed by atoms with Crippen LogP contribution in [0.2, 0.25) is 0 Å². The number of hydrogen-bond donors (Lipinski definition) is 3. The van der Waals surface area contributed by atoms with Gasteiger partial charge in [-0.25, -0.2) is 17.5 Å². The molecule has 10 heteroatoms. The highest BCUT2D eigenvalue weighted by atomic mass is 32.2. The SMILES string of the molecule is CN(C)S(=O)(=O)CCNC(=O)Nc1ccc2n[nH]nc2c1. The molecule has 2 amide bonds. The first-order valence-electron chi connectivity index (χ1n) is 6.14. The second kappa shape index (κ2) is 6.06. The third kappa shape index (κ3) is 3.89. The maximum Gasteiger partial charge on any atom is 0.319 e. The normalized spacial score (nSPS) is 11.8. The molecule has 0 aliphatic carbocycles. The number of aromatic nitrogens is 3. The number of carbonyl (C=O) groups is 1. The maximum absolute atomic E-state index is 11.7. The van der Waals surface area contributed by atoms with E-state index in [1.807, 2.05) is 0 Å². The minimum absolute atomic E-state index is 0.0263. The van der Waals surface area contributed by atoms with Gasteiger partial charge in [-0.15, -0.1) is 0 Å². The summed E-state index contributed by atoms with van der Waals surface area (Å²) in [5.74, 6) is -0.157. The van der Waals surface area contributed by atoms with Crippen LogP contribution in [0.5, 0.6) is 0 Å².